The van der Waals surface area contributed by atoms with Gasteiger partial charge < -0.3 is 10.1 Å². The van der Waals surface area contributed by atoms with Crippen molar-refractivity contribution in [3.63, 3.8) is 0 Å². The van der Waals surface area contributed by atoms with Crippen molar-refractivity contribution in [2.24, 2.45) is 0 Å². The number of hydrogen-bond acceptors (Lipinski definition) is 3. The highest BCUT2D eigenvalue weighted by Crippen LogP contribution is 2.19. The Morgan fingerprint density at radius 2 is 1.65 bits per heavy atom. The van der Waals surface area contributed by atoms with E-state index in [1.807, 2.05) is 19.1 Å². The van der Waals surface area contributed by atoms with Gasteiger partial charge in [0.15, 0.2) is 0 Å². The van der Waals surface area contributed by atoms with Crippen LogP contribution in [-0.2, 0) is 4.74 Å². The summed E-state index contributed by atoms with van der Waals surface area (Å²) >= 11 is 0. The summed E-state index contributed by atoms with van der Waals surface area (Å²) in [6.07, 6.45) is -0.538. The molecule has 138 valence electrons. The molecular weight excluding hydrogens is 328 g/mol. The zero-order valence-electron chi connectivity index (χ0n) is 15.7. The molecule has 1 atom stereocenters. The van der Waals surface area contributed by atoms with Gasteiger partial charge in [-0.3, -0.25) is 10.1 Å². The third-order valence-corrected chi connectivity index (χ3v) is 4.10. The van der Waals surface area contributed by atoms with Gasteiger partial charge in [0.1, 0.15) is 0 Å². The van der Waals surface area contributed by atoms with E-state index in [1.54, 1.807) is 31.2 Å². The number of amides is 2. The normalized spacial score (nSPS) is 11.7. The van der Waals surface area contributed by atoms with Gasteiger partial charge in [0.2, 0.25) is 0 Å². The van der Waals surface area contributed by atoms with Crippen LogP contribution < -0.4 is 10.6 Å². The van der Waals surface area contributed by atoms with Crippen LogP contribution in [0.5, 0.6) is 0 Å². The van der Waals surface area contributed by atoms with Gasteiger partial charge in [-0.05, 0) is 49.1 Å². The fourth-order valence-electron chi connectivity index (χ4n) is 2.56. The predicted molar refractivity (Wildman–Crippen MR) is 103 cm³/mol. The average Bonchev–Trinajstić information content (AvgIpc) is 2.62. The largest absolute Gasteiger partial charge is 0.450 e. The molecule has 0 spiro atoms. The van der Waals surface area contributed by atoms with Crippen LogP contribution in [0.25, 0.3) is 0 Å². The van der Waals surface area contributed by atoms with E-state index in [4.69, 9.17) is 4.74 Å². The average molecular weight is 354 g/mol. The molecule has 2 N–H and O–H groups in total. The Hall–Kier alpha value is -2.82. The van der Waals surface area contributed by atoms with E-state index >= 15 is 0 Å². The van der Waals surface area contributed by atoms with E-state index in [0.29, 0.717) is 23.8 Å². The first-order valence-corrected chi connectivity index (χ1v) is 8.85. The number of carbonyl (C=O) groups is 2. The summed E-state index contributed by atoms with van der Waals surface area (Å²) in [7, 11) is 0. The zero-order valence-corrected chi connectivity index (χ0v) is 15.7. The van der Waals surface area contributed by atoms with Gasteiger partial charge in [0.05, 0.1) is 12.6 Å². The number of nitrogens with one attached hydrogen (secondary N) is 2. The van der Waals surface area contributed by atoms with Crippen molar-refractivity contribution in [3.05, 3.63) is 65.2 Å². The first kappa shape index (κ1) is 19.5. The molecule has 26 heavy (non-hydrogen) atoms. The van der Waals surface area contributed by atoms with Crippen molar-refractivity contribution in [2.45, 2.75) is 39.7 Å². The Balaban J connectivity index is 2.03. The number of hydrogen-bond donors (Lipinski definition) is 2. The molecule has 2 rings (SSSR count). The van der Waals surface area contributed by atoms with Crippen LogP contribution in [0.4, 0.5) is 10.5 Å². The summed E-state index contributed by atoms with van der Waals surface area (Å²) in [5.41, 5.74) is 3.31. The second-order valence-electron chi connectivity index (χ2n) is 6.44. The van der Waals surface area contributed by atoms with Crippen LogP contribution in [-0.4, -0.2) is 18.6 Å². The Kier molecular flexibility index (Phi) is 6.78. The van der Waals surface area contributed by atoms with Crippen LogP contribution >= 0.6 is 0 Å². The van der Waals surface area contributed by atoms with E-state index in [-0.39, 0.29) is 11.9 Å². The molecule has 0 bridgehead atoms. The Bertz CT molecular complexity index is 754. The Labute approximate surface area is 154 Å². The minimum atomic E-state index is -0.538. The van der Waals surface area contributed by atoms with Crippen LogP contribution in [0.3, 0.4) is 0 Å². The quantitative estimate of drug-likeness (QED) is 0.778. The van der Waals surface area contributed by atoms with E-state index in [1.165, 1.54) is 5.56 Å². The molecule has 0 radical (unpaired) electrons. The van der Waals surface area contributed by atoms with Crippen molar-refractivity contribution in [2.75, 3.05) is 11.9 Å². The molecule has 2 aromatic carbocycles. The van der Waals surface area contributed by atoms with Gasteiger partial charge in [-0.1, -0.05) is 44.2 Å². The maximum atomic E-state index is 12.5. The van der Waals surface area contributed by atoms with Crippen molar-refractivity contribution in [1.29, 1.82) is 0 Å². The maximum Gasteiger partial charge on any atom is 0.411 e. The van der Waals surface area contributed by atoms with E-state index in [0.717, 1.165) is 5.56 Å². The maximum absolute atomic E-state index is 12.5. The van der Waals surface area contributed by atoms with Crippen LogP contribution in [0.15, 0.2) is 48.5 Å². The van der Waals surface area contributed by atoms with Gasteiger partial charge in [-0.15, -0.1) is 0 Å². The van der Waals surface area contributed by atoms with Crippen molar-refractivity contribution in [1.82, 2.24) is 5.32 Å². The fourth-order valence-corrected chi connectivity index (χ4v) is 2.56. The molecule has 0 saturated heterocycles. The molecule has 5 nitrogen and oxygen atoms in total. The molecule has 0 aliphatic heterocycles. The zero-order chi connectivity index (χ0) is 19.1. The molecule has 1 unspecified atom stereocenters. The third-order valence-electron chi connectivity index (χ3n) is 4.10. The number of ether oxygens (including phenoxy) is 1. The molecule has 2 amide bonds. The Morgan fingerprint density at radius 1 is 1.00 bits per heavy atom. The first-order chi connectivity index (χ1) is 12.4. The minimum absolute atomic E-state index is 0.120. The topological polar surface area (TPSA) is 67.4 Å². The molecule has 5 heteroatoms. The smallest absolute Gasteiger partial charge is 0.411 e. The van der Waals surface area contributed by atoms with E-state index < -0.39 is 6.09 Å². The molecule has 0 aliphatic carbocycles. The summed E-state index contributed by atoms with van der Waals surface area (Å²) in [4.78, 5) is 24.0. The van der Waals surface area contributed by atoms with E-state index in [9.17, 15) is 9.59 Å². The summed E-state index contributed by atoms with van der Waals surface area (Å²) < 4.78 is 4.84. The molecule has 0 aromatic heterocycles. The van der Waals surface area contributed by atoms with Gasteiger partial charge in [-0.2, -0.15) is 0 Å². The molecule has 0 aliphatic rings. The molecule has 2 aromatic rings. The highest BCUT2D eigenvalue weighted by Gasteiger charge is 2.13. The number of benzene rings is 2. The summed E-state index contributed by atoms with van der Waals surface area (Å²) in [6, 6.07) is 14.9. The highest BCUT2D eigenvalue weighted by molar-refractivity contribution is 5.96. The van der Waals surface area contributed by atoms with Crippen molar-refractivity contribution >= 4 is 17.7 Å². The van der Waals surface area contributed by atoms with Crippen LogP contribution in [0, 0.1) is 0 Å². The SMILES string of the molecule is CCOC(=O)Nc1cccc(C(=O)NC(C)c2ccc(C(C)C)cc2)c1. The van der Waals surface area contributed by atoms with Gasteiger partial charge in [0, 0.05) is 11.3 Å². The monoisotopic (exact) mass is 354 g/mol. The second-order valence-corrected chi connectivity index (χ2v) is 6.44. The summed E-state index contributed by atoms with van der Waals surface area (Å²) in [6.45, 7) is 8.27. The number of rotatable bonds is 6. The lowest BCUT2D eigenvalue weighted by molar-refractivity contribution is 0.0939. The summed E-state index contributed by atoms with van der Waals surface area (Å²) in [5, 5.41) is 5.58. The molecule has 0 fully saturated rings. The van der Waals surface area contributed by atoms with Gasteiger partial charge >= 0.3 is 6.09 Å². The lowest BCUT2D eigenvalue weighted by Gasteiger charge is -2.16. The lowest BCUT2D eigenvalue weighted by atomic mass is 9.99. The standard InChI is InChI=1S/C21H26N2O3/c1-5-26-21(25)23-19-8-6-7-18(13-19)20(24)22-15(4)17-11-9-16(10-12-17)14(2)3/h6-15H,5H2,1-4H3,(H,22,24)(H,23,25). The molecular formula is C21H26N2O3. The van der Waals surface area contributed by atoms with Crippen molar-refractivity contribution in [3.8, 4) is 0 Å². The Morgan fingerprint density at radius 3 is 2.27 bits per heavy atom. The lowest BCUT2D eigenvalue weighted by Crippen LogP contribution is -2.26. The highest BCUT2D eigenvalue weighted by atomic mass is 16.5. The van der Waals surface area contributed by atoms with Gasteiger partial charge in [-0.25, -0.2) is 4.79 Å². The molecule has 0 heterocycles. The fraction of sp³-hybridized carbons (Fsp3) is 0.333. The molecule has 0 saturated carbocycles. The van der Waals surface area contributed by atoms with Crippen molar-refractivity contribution < 1.29 is 14.3 Å². The van der Waals surface area contributed by atoms with Gasteiger partial charge in [0.25, 0.3) is 5.91 Å². The first-order valence-electron chi connectivity index (χ1n) is 8.85. The van der Waals surface area contributed by atoms with E-state index in [2.05, 4.69) is 36.6 Å². The van der Waals surface area contributed by atoms with Crippen LogP contribution in [0.1, 0.15) is 61.1 Å². The van der Waals surface area contributed by atoms with Crippen LogP contribution in [0.2, 0.25) is 0 Å². The number of anilines is 1. The summed E-state index contributed by atoms with van der Waals surface area (Å²) in [5.74, 6) is 0.279. The predicted octanol–water partition coefficient (Wildman–Crippen LogP) is 4.87. The minimum Gasteiger partial charge on any atom is -0.450 e. The third kappa shape index (κ3) is 5.34. The number of carbonyl (C=O) groups excluding carboxylic acids is 2. The second kappa shape index (κ2) is 9.04.